The van der Waals surface area contributed by atoms with Crippen LogP contribution in [0.25, 0.3) is 22.4 Å². The molecule has 8 heteroatoms. The summed E-state index contributed by atoms with van der Waals surface area (Å²) in [5.74, 6) is 0. The lowest BCUT2D eigenvalue weighted by Crippen LogP contribution is -1.93. The summed E-state index contributed by atoms with van der Waals surface area (Å²) in [6.45, 7) is 0. The first-order chi connectivity index (χ1) is 11.8. The van der Waals surface area contributed by atoms with E-state index in [9.17, 15) is 0 Å². The smallest absolute Gasteiger partial charge is 0.0797 e. The van der Waals surface area contributed by atoms with Crippen LogP contribution >= 0.6 is 92.2 Å². The Labute approximate surface area is 188 Å². The summed E-state index contributed by atoms with van der Waals surface area (Å²) < 4.78 is 0.926. The van der Waals surface area contributed by atoms with Crippen LogP contribution in [0.3, 0.4) is 0 Å². The van der Waals surface area contributed by atoms with E-state index in [1.165, 1.54) is 0 Å². The van der Waals surface area contributed by atoms with Gasteiger partial charge in [-0.15, -0.1) is 0 Å². The Balaban J connectivity index is 2.32. The second-order valence-electron chi connectivity index (χ2n) is 5.00. The van der Waals surface area contributed by atoms with Gasteiger partial charge in [0.05, 0.1) is 35.8 Å². The summed E-state index contributed by atoms with van der Waals surface area (Å²) in [6, 6.07) is 8.85. The second kappa shape index (κ2) is 7.97. The van der Waals surface area contributed by atoms with Gasteiger partial charge in [-0.2, -0.15) is 0 Å². The molecule has 0 atom stereocenters. The third kappa shape index (κ3) is 3.86. The highest BCUT2D eigenvalue weighted by Gasteiger charge is 2.19. The highest BCUT2D eigenvalue weighted by Crippen LogP contribution is 2.44. The fourth-order valence-corrected chi connectivity index (χ4v) is 4.01. The van der Waals surface area contributed by atoms with Crippen molar-refractivity contribution in [3.63, 3.8) is 0 Å². The van der Waals surface area contributed by atoms with Gasteiger partial charge in [0.1, 0.15) is 0 Å². The zero-order valence-electron chi connectivity index (χ0n) is 12.1. The number of hydrogen-bond acceptors (Lipinski definition) is 1. The third-order valence-electron chi connectivity index (χ3n) is 3.47. The SMILES string of the molecule is Clc1ccc(-c2cc(I)cnc2-c2ccc(Cl)c(Cl)c2Cl)c(Cl)c1Cl. The molecule has 0 radical (unpaired) electrons. The highest BCUT2D eigenvalue weighted by molar-refractivity contribution is 14.1. The highest BCUT2D eigenvalue weighted by atomic mass is 127. The molecular formula is C17H6Cl6IN. The van der Waals surface area contributed by atoms with Crippen LogP contribution in [0, 0.1) is 3.57 Å². The molecule has 25 heavy (non-hydrogen) atoms. The van der Waals surface area contributed by atoms with Crippen molar-refractivity contribution in [2.75, 3.05) is 0 Å². The van der Waals surface area contributed by atoms with Gasteiger partial charge >= 0.3 is 0 Å². The minimum Gasteiger partial charge on any atom is -0.254 e. The third-order valence-corrected chi connectivity index (χ3v) is 6.65. The van der Waals surface area contributed by atoms with Crippen molar-refractivity contribution >= 4 is 92.2 Å². The van der Waals surface area contributed by atoms with Crippen molar-refractivity contribution in [1.82, 2.24) is 4.98 Å². The minimum atomic E-state index is 0.271. The number of aromatic nitrogens is 1. The van der Waals surface area contributed by atoms with E-state index < -0.39 is 0 Å². The maximum atomic E-state index is 6.41. The molecule has 1 heterocycles. The molecule has 0 aliphatic rings. The molecule has 0 spiro atoms. The fraction of sp³-hybridized carbons (Fsp3) is 0. The molecule has 0 saturated carbocycles. The summed E-state index contributed by atoms with van der Waals surface area (Å²) >= 11 is 39.4. The lowest BCUT2D eigenvalue weighted by molar-refractivity contribution is 1.31. The molecule has 1 aromatic heterocycles. The molecule has 1 nitrogen and oxygen atoms in total. The topological polar surface area (TPSA) is 12.9 Å². The van der Waals surface area contributed by atoms with E-state index in [-0.39, 0.29) is 10.0 Å². The average molecular weight is 564 g/mol. The zero-order chi connectivity index (χ0) is 18.3. The zero-order valence-corrected chi connectivity index (χ0v) is 18.8. The normalized spacial score (nSPS) is 11.0. The van der Waals surface area contributed by atoms with Crippen LogP contribution in [-0.2, 0) is 0 Å². The van der Waals surface area contributed by atoms with E-state index >= 15 is 0 Å². The maximum Gasteiger partial charge on any atom is 0.0797 e. The lowest BCUT2D eigenvalue weighted by atomic mass is 9.99. The summed E-state index contributed by atoms with van der Waals surface area (Å²) in [6.07, 6.45) is 1.73. The molecule has 2 aromatic carbocycles. The van der Waals surface area contributed by atoms with Crippen molar-refractivity contribution in [2.45, 2.75) is 0 Å². The Morgan fingerprint density at radius 1 is 0.640 bits per heavy atom. The van der Waals surface area contributed by atoms with Crippen LogP contribution in [0.2, 0.25) is 30.1 Å². The molecule has 0 N–H and O–H groups in total. The number of pyridine rings is 1. The van der Waals surface area contributed by atoms with Gasteiger partial charge in [-0.3, -0.25) is 4.98 Å². The van der Waals surface area contributed by atoms with E-state index in [4.69, 9.17) is 69.6 Å². The first-order valence-electron chi connectivity index (χ1n) is 6.74. The Morgan fingerprint density at radius 3 is 1.76 bits per heavy atom. The average Bonchev–Trinajstić information content (AvgIpc) is 2.58. The molecule has 0 amide bonds. The van der Waals surface area contributed by atoms with E-state index in [0.29, 0.717) is 36.9 Å². The van der Waals surface area contributed by atoms with Gasteiger partial charge in [-0.05, 0) is 46.9 Å². The fourth-order valence-electron chi connectivity index (χ4n) is 2.30. The maximum absolute atomic E-state index is 6.41. The van der Waals surface area contributed by atoms with Crippen LogP contribution in [0.15, 0.2) is 36.5 Å². The van der Waals surface area contributed by atoms with Gasteiger partial charge in [0.2, 0.25) is 0 Å². The molecule has 0 aliphatic carbocycles. The van der Waals surface area contributed by atoms with Crippen molar-refractivity contribution < 1.29 is 0 Å². The van der Waals surface area contributed by atoms with Crippen molar-refractivity contribution in [3.05, 3.63) is 70.2 Å². The van der Waals surface area contributed by atoms with Crippen molar-refractivity contribution in [2.24, 2.45) is 0 Å². The summed E-state index contributed by atoms with van der Waals surface area (Å²) in [5, 5.41) is 1.96. The number of halogens is 7. The van der Waals surface area contributed by atoms with Gasteiger partial charge in [0, 0.05) is 26.5 Å². The van der Waals surface area contributed by atoms with Crippen LogP contribution < -0.4 is 0 Å². The number of hydrogen-bond donors (Lipinski definition) is 0. The lowest BCUT2D eigenvalue weighted by Gasteiger charge is -2.14. The van der Waals surface area contributed by atoms with Gasteiger partial charge in [0.25, 0.3) is 0 Å². The molecule has 0 fully saturated rings. The van der Waals surface area contributed by atoms with Crippen molar-refractivity contribution in [1.29, 1.82) is 0 Å². The summed E-state index contributed by atoms with van der Waals surface area (Å²) in [5.41, 5.74) is 2.71. The standard InChI is InChI=1S/C17H6Cl6IN/c18-11-3-1-8(13(20)15(11)22)10-5-7(24)6-25-17(10)9-2-4-12(19)16(23)14(9)21/h1-6H. The number of nitrogens with zero attached hydrogens (tertiary/aromatic N) is 1. The molecule has 0 bridgehead atoms. The largest absolute Gasteiger partial charge is 0.254 e. The number of rotatable bonds is 2. The summed E-state index contributed by atoms with van der Waals surface area (Å²) in [7, 11) is 0. The van der Waals surface area contributed by atoms with Gasteiger partial charge in [-0.1, -0.05) is 75.7 Å². The van der Waals surface area contributed by atoms with Gasteiger partial charge < -0.3 is 0 Å². The van der Waals surface area contributed by atoms with E-state index in [1.54, 1.807) is 30.5 Å². The van der Waals surface area contributed by atoms with Crippen LogP contribution in [-0.4, -0.2) is 4.98 Å². The monoisotopic (exact) mass is 561 g/mol. The molecule has 128 valence electrons. The van der Waals surface area contributed by atoms with Crippen molar-refractivity contribution in [3.8, 4) is 22.4 Å². The van der Waals surface area contributed by atoms with E-state index in [0.717, 1.165) is 9.13 Å². The first-order valence-corrected chi connectivity index (χ1v) is 10.1. The quantitative estimate of drug-likeness (QED) is 0.224. The molecule has 3 aromatic rings. The molecule has 0 saturated heterocycles. The Bertz CT molecular complexity index is 989. The van der Waals surface area contributed by atoms with Crippen LogP contribution in [0.4, 0.5) is 0 Å². The van der Waals surface area contributed by atoms with Crippen LogP contribution in [0.1, 0.15) is 0 Å². The molecule has 0 unspecified atom stereocenters. The molecular weight excluding hydrogens is 558 g/mol. The van der Waals surface area contributed by atoms with Crippen LogP contribution in [0.5, 0.6) is 0 Å². The first kappa shape index (κ1) is 19.8. The summed E-state index contributed by atoms with van der Waals surface area (Å²) in [4.78, 5) is 4.52. The number of benzene rings is 2. The van der Waals surface area contributed by atoms with Gasteiger partial charge in [0.15, 0.2) is 0 Å². The predicted molar refractivity (Wildman–Crippen MR) is 118 cm³/mol. The van der Waals surface area contributed by atoms with E-state index in [1.807, 2.05) is 6.07 Å². The Morgan fingerprint density at radius 2 is 1.16 bits per heavy atom. The Hall–Kier alpha value is 0.0600. The molecule has 0 aliphatic heterocycles. The predicted octanol–water partition coefficient (Wildman–Crippen LogP) is 8.94. The van der Waals surface area contributed by atoms with E-state index in [2.05, 4.69) is 27.6 Å². The minimum absolute atomic E-state index is 0.271. The molecule has 3 rings (SSSR count). The second-order valence-corrected chi connectivity index (χ2v) is 8.57. The van der Waals surface area contributed by atoms with Gasteiger partial charge in [-0.25, -0.2) is 0 Å². The Kier molecular flexibility index (Phi) is 6.32.